The number of aliphatic hydroxyl groups is 3. The Balaban J connectivity index is 1.53. The van der Waals surface area contributed by atoms with Gasteiger partial charge in [0.1, 0.15) is 41.5 Å². The number of hydrogen-bond donors (Lipinski definition) is 4. The van der Waals surface area contributed by atoms with Gasteiger partial charge in [0.25, 0.3) is 0 Å². The maximum atomic E-state index is 15.1. The zero-order valence-electron chi connectivity index (χ0n) is 37.1. The third-order valence-electron chi connectivity index (χ3n) is 13.6. The fourth-order valence-corrected chi connectivity index (χ4v) is 10.4. The molecule has 2 bridgehead atoms. The summed E-state index contributed by atoms with van der Waals surface area (Å²) in [6.07, 6.45) is -9.91. The second-order valence-electron chi connectivity index (χ2n) is 18.8. The van der Waals surface area contributed by atoms with Crippen LogP contribution in [0, 0.1) is 22.7 Å². The number of rotatable bonds is 11. The number of nitrogens with one attached hydrogen (secondary N) is 1. The summed E-state index contributed by atoms with van der Waals surface area (Å²) in [5, 5.41) is 40.8. The highest BCUT2D eigenvalue weighted by atomic mass is 16.6. The monoisotopic (exact) mass is 863 g/mol. The van der Waals surface area contributed by atoms with E-state index in [2.05, 4.69) is 5.32 Å². The van der Waals surface area contributed by atoms with Gasteiger partial charge in [0.05, 0.1) is 41.8 Å². The molecule has 1 amide bonds. The van der Waals surface area contributed by atoms with Crippen molar-refractivity contribution in [3.05, 3.63) is 82.9 Å². The minimum Gasteiger partial charge on any atom is -0.457 e. The Morgan fingerprint density at radius 2 is 1.58 bits per heavy atom. The van der Waals surface area contributed by atoms with Crippen LogP contribution < -0.4 is 5.32 Å². The van der Waals surface area contributed by atoms with Crippen molar-refractivity contribution in [3.63, 3.8) is 0 Å². The molecule has 4 aliphatic rings. The quantitative estimate of drug-likeness (QED) is 0.134. The molecule has 2 aromatic rings. The highest BCUT2D eigenvalue weighted by molar-refractivity contribution is 5.94. The molecule has 2 aromatic carbocycles. The van der Waals surface area contributed by atoms with Gasteiger partial charge in [-0.2, -0.15) is 0 Å². The molecule has 0 spiro atoms. The van der Waals surface area contributed by atoms with E-state index >= 15 is 4.79 Å². The largest absolute Gasteiger partial charge is 0.457 e. The van der Waals surface area contributed by atoms with Crippen LogP contribution in [0.1, 0.15) is 104 Å². The molecule has 0 aromatic heterocycles. The van der Waals surface area contributed by atoms with Crippen molar-refractivity contribution >= 4 is 29.8 Å². The van der Waals surface area contributed by atoms with Crippen molar-refractivity contribution in [2.75, 3.05) is 13.2 Å². The van der Waals surface area contributed by atoms with Gasteiger partial charge < -0.3 is 49.1 Å². The van der Waals surface area contributed by atoms with E-state index in [1.807, 2.05) is 0 Å². The minimum atomic E-state index is -2.32. The molecule has 2 saturated carbocycles. The van der Waals surface area contributed by atoms with Gasteiger partial charge in [0.15, 0.2) is 11.4 Å². The molecule has 1 unspecified atom stereocenters. The highest BCUT2D eigenvalue weighted by Crippen LogP contribution is 2.64. The summed E-state index contributed by atoms with van der Waals surface area (Å²) in [7, 11) is 0. The van der Waals surface area contributed by atoms with Crippen LogP contribution in [-0.2, 0) is 42.8 Å². The fourth-order valence-electron chi connectivity index (χ4n) is 10.4. The summed E-state index contributed by atoms with van der Waals surface area (Å²) in [5.41, 5.74) is -7.63. The molecule has 15 nitrogen and oxygen atoms in total. The van der Waals surface area contributed by atoms with Crippen LogP contribution >= 0.6 is 0 Å². The number of alkyl carbamates (subject to hydrolysis) is 1. The lowest BCUT2D eigenvalue weighted by Gasteiger charge is -2.67. The van der Waals surface area contributed by atoms with Gasteiger partial charge in [0, 0.05) is 31.8 Å². The SMILES string of the molecule is CCOC(C)[C@@H](C(=O)O[C@H]1C[C@@]2(O)[C@@H](OC(=O)c3ccccc3)[C@@H]3[C@]4(OC(C)=O)CO[C@@H]4C[C@H](O)[C@@]3(C)C(=O)[C@H](O)C(=C1C)C2(C)C)[C@@H](NC(=O)OC(C)(C)C)c1ccccc1. The number of amides is 1. The Morgan fingerprint density at radius 1 is 0.968 bits per heavy atom. The van der Waals surface area contributed by atoms with Gasteiger partial charge in [-0.15, -0.1) is 0 Å². The van der Waals surface area contributed by atoms with Gasteiger partial charge in [0.2, 0.25) is 0 Å². The van der Waals surface area contributed by atoms with Gasteiger partial charge >= 0.3 is 24.0 Å². The molecule has 1 aliphatic heterocycles. The van der Waals surface area contributed by atoms with Crippen LogP contribution in [0.3, 0.4) is 0 Å². The van der Waals surface area contributed by atoms with Crippen molar-refractivity contribution in [1.82, 2.24) is 5.32 Å². The standard InChI is InChI=1S/C47H61NO14/c1-11-57-26(3)33(35(28-18-14-12-15-19-28)48-42(55)62-43(5,6)7)41(54)59-30-23-47(56)39(60-40(53)29-20-16-13-17-21-29)37-45(10,38(52)36(51)34(25(30)2)44(47,8)9)31(50)22-32-46(37,24-58-32)61-27(4)49/h12-21,26,30-33,35-37,39,50-51,56H,11,22-24H2,1-10H3,(H,48,55)/t26?,30-,31-,32+,33+,35-,36+,37-,39-,45+,46-,47+/m0/s1. The summed E-state index contributed by atoms with van der Waals surface area (Å²) in [6.45, 7) is 15.8. The average molecular weight is 864 g/mol. The molecule has 0 radical (unpaired) electrons. The summed E-state index contributed by atoms with van der Waals surface area (Å²) >= 11 is 0. The van der Waals surface area contributed by atoms with Crippen LogP contribution in [-0.4, -0.2) is 112 Å². The minimum absolute atomic E-state index is 0.00361. The third-order valence-corrected chi connectivity index (χ3v) is 13.6. The zero-order valence-corrected chi connectivity index (χ0v) is 37.1. The van der Waals surface area contributed by atoms with Crippen LogP contribution in [0.25, 0.3) is 0 Å². The topological polar surface area (TPSA) is 213 Å². The Kier molecular flexibility index (Phi) is 12.9. The first-order valence-electron chi connectivity index (χ1n) is 21.2. The van der Waals surface area contributed by atoms with E-state index in [1.54, 1.807) is 104 Å². The number of hydrogen-bond acceptors (Lipinski definition) is 14. The smallest absolute Gasteiger partial charge is 0.408 e. The number of carbonyl (C=O) groups excluding carboxylic acids is 5. The number of ether oxygens (including phenoxy) is 6. The molecule has 3 fully saturated rings. The fraction of sp³-hybridized carbons (Fsp3) is 0.596. The van der Waals surface area contributed by atoms with E-state index < -0.39 is 118 Å². The van der Waals surface area contributed by atoms with E-state index in [1.165, 1.54) is 26.0 Å². The highest BCUT2D eigenvalue weighted by Gasteiger charge is 2.78. The number of esters is 3. The molecule has 4 N–H and O–H groups in total. The van der Waals surface area contributed by atoms with E-state index in [0.717, 1.165) is 0 Å². The second-order valence-corrected chi connectivity index (χ2v) is 18.8. The summed E-state index contributed by atoms with van der Waals surface area (Å²) in [5.74, 6) is -6.11. The summed E-state index contributed by atoms with van der Waals surface area (Å²) in [6, 6.07) is 15.7. The molecular weight excluding hydrogens is 803 g/mol. The Labute approximate surface area is 362 Å². The lowest BCUT2D eigenvalue weighted by atomic mass is 9.44. The number of Topliss-reactive ketones (excluding diaryl/α,β-unsaturated/α-hetero) is 1. The second kappa shape index (κ2) is 17.1. The summed E-state index contributed by atoms with van der Waals surface area (Å²) < 4.78 is 36.4. The Hall–Kier alpha value is -4.67. The molecule has 3 aliphatic carbocycles. The number of carbonyl (C=O) groups is 5. The third kappa shape index (κ3) is 8.06. The molecular formula is C47H61NO14. The normalized spacial score (nSPS) is 32.8. The lowest BCUT2D eigenvalue weighted by molar-refractivity contribution is -0.346. The molecule has 12 atom stereocenters. The van der Waals surface area contributed by atoms with Gasteiger partial charge in [-0.3, -0.25) is 14.4 Å². The molecule has 62 heavy (non-hydrogen) atoms. The van der Waals surface area contributed by atoms with Gasteiger partial charge in [-0.1, -0.05) is 62.4 Å². The van der Waals surface area contributed by atoms with Crippen LogP contribution in [0.5, 0.6) is 0 Å². The van der Waals surface area contributed by atoms with Crippen molar-refractivity contribution in [3.8, 4) is 0 Å². The molecule has 338 valence electrons. The number of benzene rings is 2. The Morgan fingerprint density at radius 3 is 2.13 bits per heavy atom. The Bertz CT molecular complexity index is 2060. The molecule has 6 rings (SSSR count). The first-order chi connectivity index (χ1) is 28.9. The average Bonchev–Trinajstić information content (AvgIpc) is 3.19. The maximum Gasteiger partial charge on any atom is 0.408 e. The van der Waals surface area contributed by atoms with E-state index in [9.17, 15) is 34.5 Å². The lowest BCUT2D eigenvalue weighted by Crippen LogP contribution is -2.81. The predicted molar refractivity (Wildman–Crippen MR) is 222 cm³/mol. The van der Waals surface area contributed by atoms with Crippen LogP contribution in [0.2, 0.25) is 0 Å². The van der Waals surface area contributed by atoms with Gasteiger partial charge in [-0.25, -0.2) is 9.59 Å². The van der Waals surface area contributed by atoms with E-state index in [4.69, 9.17) is 28.4 Å². The van der Waals surface area contributed by atoms with Crippen molar-refractivity contribution < 1.29 is 67.7 Å². The predicted octanol–water partition coefficient (Wildman–Crippen LogP) is 4.94. The van der Waals surface area contributed by atoms with Crippen molar-refractivity contribution in [2.45, 2.75) is 142 Å². The summed E-state index contributed by atoms with van der Waals surface area (Å²) in [4.78, 5) is 70.7. The first kappa shape index (κ1) is 46.8. The number of fused-ring (bicyclic) bond motifs is 5. The number of ketones is 1. The molecule has 1 heterocycles. The first-order valence-corrected chi connectivity index (χ1v) is 21.2. The zero-order chi connectivity index (χ0) is 45.7. The van der Waals surface area contributed by atoms with E-state index in [0.29, 0.717) is 5.56 Å². The van der Waals surface area contributed by atoms with Crippen LogP contribution in [0.4, 0.5) is 4.79 Å². The maximum absolute atomic E-state index is 15.1. The van der Waals surface area contributed by atoms with Crippen LogP contribution in [0.15, 0.2) is 71.8 Å². The number of aliphatic hydroxyl groups excluding tert-OH is 2. The molecule has 1 saturated heterocycles. The van der Waals surface area contributed by atoms with Crippen molar-refractivity contribution in [1.29, 1.82) is 0 Å². The molecule has 15 heteroatoms. The van der Waals surface area contributed by atoms with E-state index in [-0.39, 0.29) is 36.3 Å². The van der Waals surface area contributed by atoms with Crippen molar-refractivity contribution in [2.24, 2.45) is 22.7 Å². The van der Waals surface area contributed by atoms with Gasteiger partial charge in [-0.05, 0) is 77.3 Å².